The van der Waals surface area contributed by atoms with Crippen LogP contribution in [0.25, 0.3) is 11.4 Å². The number of rotatable bonds is 9. The van der Waals surface area contributed by atoms with Crippen molar-refractivity contribution in [3.63, 3.8) is 0 Å². The van der Waals surface area contributed by atoms with Crippen molar-refractivity contribution in [2.75, 3.05) is 20.2 Å². The van der Waals surface area contributed by atoms with E-state index in [1.54, 1.807) is 19.6 Å². The number of methoxy groups -OCH3 is 1. The molecule has 3 heterocycles. The normalized spacial score (nSPS) is 16.1. The Bertz CT molecular complexity index is 1250. The summed E-state index contributed by atoms with van der Waals surface area (Å²) in [5, 5.41) is 7.22. The molecule has 0 spiro atoms. The number of ether oxygens (including phenoxy) is 1. The van der Waals surface area contributed by atoms with Crippen LogP contribution in [-0.2, 0) is 24.4 Å². The van der Waals surface area contributed by atoms with E-state index in [1.807, 2.05) is 35.0 Å². The van der Waals surface area contributed by atoms with Crippen LogP contribution in [0.1, 0.15) is 29.9 Å². The lowest BCUT2D eigenvalue weighted by atomic mass is 9.97. The van der Waals surface area contributed by atoms with Gasteiger partial charge in [-0.1, -0.05) is 29.4 Å². The van der Waals surface area contributed by atoms with Gasteiger partial charge in [0.25, 0.3) is 0 Å². The zero-order valence-electron chi connectivity index (χ0n) is 20.3. The molecule has 4 aromatic rings. The Morgan fingerprint density at radius 3 is 2.67 bits per heavy atom. The van der Waals surface area contributed by atoms with E-state index in [1.165, 1.54) is 5.56 Å². The van der Waals surface area contributed by atoms with E-state index < -0.39 is 0 Å². The van der Waals surface area contributed by atoms with Gasteiger partial charge in [-0.3, -0.25) is 9.69 Å². The van der Waals surface area contributed by atoms with Crippen LogP contribution in [0, 0.1) is 5.92 Å². The Kier molecular flexibility index (Phi) is 7.37. The third-order valence-corrected chi connectivity index (χ3v) is 6.47. The first-order valence-electron chi connectivity index (χ1n) is 12.2. The Labute approximate surface area is 210 Å². The van der Waals surface area contributed by atoms with Crippen molar-refractivity contribution in [3.8, 4) is 17.1 Å². The highest BCUT2D eigenvalue weighted by Gasteiger charge is 2.26. The van der Waals surface area contributed by atoms with Crippen molar-refractivity contribution >= 4 is 5.91 Å². The van der Waals surface area contributed by atoms with E-state index in [9.17, 15) is 4.79 Å². The fraction of sp³-hybridized carbons (Fsp3) is 0.333. The first-order valence-corrected chi connectivity index (χ1v) is 12.2. The van der Waals surface area contributed by atoms with Gasteiger partial charge < -0.3 is 19.1 Å². The summed E-state index contributed by atoms with van der Waals surface area (Å²) in [6.45, 7) is 3.42. The molecule has 1 fully saturated rings. The summed E-state index contributed by atoms with van der Waals surface area (Å²) in [7, 11) is 1.63. The zero-order valence-corrected chi connectivity index (χ0v) is 20.3. The Hall–Kier alpha value is -3.98. The van der Waals surface area contributed by atoms with Crippen LogP contribution in [0.5, 0.6) is 5.75 Å². The van der Waals surface area contributed by atoms with Crippen LogP contribution in [0.15, 0.2) is 71.8 Å². The fourth-order valence-electron chi connectivity index (χ4n) is 4.47. The predicted molar refractivity (Wildman–Crippen MR) is 134 cm³/mol. The molecule has 0 saturated carbocycles. The number of hydrogen-bond acceptors (Lipinski definition) is 7. The number of aromatic nitrogens is 4. The molecule has 0 radical (unpaired) electrons. The molecule has 1 saturated heterocycles. The third-order valence-electron chi connectivity index (χ3n) is 6.47. The molecule has 9 heteroatoms. The quantitative estimate of drug-likeness (QED) is 0.387. The summed E-state index contributed by atoms with van der Waals surface area (Å²) in [4.78, 5) is 23.7. The average molecular weight is 487 g/mol. The molecule has 1 unspecified atom stereocenters. The third kappa shape index (κ3) is 5.98. The SMILES string of the molecule is COc1ccc(-c2noc(CN3CCCC(C(=O)NCc4ccc(Cn5ccnc5)cc4)C3)n2)cc1. The summed E-state index contributed by atoms with van der Waals surface area (Å²) in [6.07, 6.45) is 7.37. The number of carbonyl (C=O) groups is 1. The zero-order chi connectivity index (χ0) is 24.7. The second kappa shape index (κ2) is 11.2. The van der Waals surface area contributed by atoms with Crippen LogP contribution in [0.3, 0.4) is 0 Å². The second-order valence-electron chi connectivity index (χ2n) is 9.08. The first-order chi connectivity index (χ1) is 17.7. The summed E-state index contributed by atoms with van der Waals surface area (Å²) >= 11 is 0. The van der Waals surface area contributed by atoms with Gasteiger partial charge in [0, 0.05) is 37.6 Å². The number of nitrogens with one attached hydrogen (secondary N) is 1. The molecule has 0 aliphatic carbocycles. The molecule has 1 N–H and O–H groups in total. The van der Waals surface area contributed by atoms with Gasteiger partial charge in [-0.2, -0.15) is 4.98 Å². The van der Waals surface area contributed by atoms with Crippen molar-refractivity contribution in [1.29, 1.82) is 0 Å². The minimum Gasteiger partial charge on any atom is -0.497 e. The number of benzene rings is 2. The van der Waals surface area contributed by atoms with Gasteiger partial charge in [0.05, 0.1) is 25.9 Å². The Balaban J connectivity index is 1.10. The summed E-state index contributed by atoms with van der Waals surface area (Å²) in [5.74, 6) is 1.92. The number of nitrogens with zero attached hydrogens (tertiary/aromatic N) is 5. The lowest BCUT2D eigenvalue weighted by Gasteiger charge is -2.30. The lowest BCUT2D eigenvalue weighted by Crippen LogP contribution is -2.42. The minimum absolute atomic E-state index is 0.0526. The molecule has 2 aromatic heterocycles. The van der Waals surface area contributed by atoms with E-state index >= 15 is 0 Å². The molecule has 9 nitrogen and oxygen atoms in total. The number of hydrogen-bond donors (Lipinski definition) is 1. The molecule has 1 aliphatic heterocycles. The van der Waals surface area contributed by atoms with E-state index in [4.69, 9.17) is 9.26 Å². The van der Waals surface area contributed by atoms with E-state index in [2.05, 4.69) is 49.6 Å². The van der Waals surface area contributed by atoms with Crippen molar-refractivity contribution in [2.45, 2.75) is 32.5 Å². The van der Waals surface area contributed by atoms with Crippen LogP contribution in [-0.4, -0.2) is 50.7 Å². The van der Waals surface area contributed by atoms with E-state index in [0.29, 0.717) is 31.3 Å². The predicted octanol–water partition coefficient (Wildman–Crippen LogP) is 3.52. The van der Waals surface area contributed by atoms with Gasteiger partial charge in [-0.15, -0.1) is 0 Å². The molecule has 5 rings (SSSR count). The number of likely N-dealkylation sites (tertiary alicyclic amines) is 1. The second-order valence-corrected chi connectivity index (χ2v) is 9.08. The van der Waals surface area contributed by atoms with Gasteiger partial charge in [-0.05, 0) is 54.8 Å². The maximum atomic E-state index is 12.9. The van der Waals surface area contributed by atoms with Crippen LogP contribution < -0.4 is 10.1 Å². The number of carbonyl (C=O) groups excluding carboxylic acids is 1. The van der Waals surface area contributed by atoms with Crippen molar-refractivity contribution in [3.05, 3.63) is 84.3 Å². The molecule has 1 amide bonds. The van der Waals surface area contributed by atoms with Gasteiger partial charge in [0.2, 0.25) is 17.6 Å². The molecule has 1 atom stereocenters. The maximum Gasteiger partial charge on any atom is 0.241 e. The highest BCUT2D eigenvalue weighted by Crippen LogP contribution is 2.22. The van der Waals surface area contributed by atoms with Crippen molar-refractivity contribution in [2.24, 2.45) is 5.92 Å². The molecule has 2 aromatic carbocycles. The highest BCUT2D eigenvalue weighted by molar-refractivity contribution is 5.79. The van der Waals surface area contributed by atoms with E-state index in [-0.39, 0.29) is 11.8 Å². The molecule has 186 valence electrons. The van der Waals surface area contributed by atoms with Gasteiger partial charge in [0.15, 0.2) is 0 Å². The number of imidazole rings is 1. The minimum atomic E-state index is -0.0526. The molecule has 36 heavy (non-hydrogen) atoms. The maximum absolute atomic E-state index is 12.9. The standard InChI is InChI=1S/C27H30N6O3/c1-35-24-10-8-22(9-11-24)26-30-25(36-31-26)18-32-13-2-3-23(17-32)27(34)29-15-20-4-6-21(7-5-20)16-33-14-12-28-19-33/h4-12,14,19,23H,2-3,13,15-18H2,1H3,(H,29,34). The lowest BCUT2D eigenvalue weighted by molar-refractivity contribution is -0.127. The summed E-state index contributed by atoms with van der Waals surface area (Å²) < 4.78 is 12.7. The van der Waals surface area contributed by atoms with Gasteiger partial charge >= 0.3 is 0 Å². The highest BCUT2D eigenvalue weighted by atomic mass is 16.5. The molecular weight excluding hydrogens is 456 g/mol. The van der Waals surface area contributed by atoms with Crippen LogP contribution in [0.2, 0.25) is 0 Å². The fourth-order valence-corrected chi connectivity index (χ4v) is 4.47. The van der Waals surface area contributed by atoms with Crippen LogP contribution >= 0.6 is 0 Å². The summed E-state index contributed by atoms with van der Waals surface area (Å²) in [6, 6.07) is 15.9. The summed E-state index contributed by atoms with van der Waals surface area (Å²) in [5.41, 5.74) is 3.15. The average Bonchev–Trinajstić information content (AvgIpc) is 3.61. The Morgan fingerprint density at radius 2 is 1.92 bits per heavy atom. The van der Waals surface area contributed by atoms with Gasteiger partial charge in [-0.25, -0.2) is 4.98 Å². The smallest absolute Gasteiger partial charge is 0.241 e. The van der Waals surface area contributed by atoms with Crippen molar-refractivity contribution in [1.82, 2.24) is 29.9 Å². The van der Waals surface area contributed by atoms with Crippen molar-refractivity contribution < 1.29 is 14.1 Å². The largest absolute Gasteiger partial charge is 0.497 e. The van der Waals surface area contributed by atoms with Crippen LogP contribution in [0.4, 0.5) is 0 Å². The van der Waals surface area contributed by atoms with E-state index in [0.717, 1.165) is 42.8 Å². The monoisotopic (exact) mass is 486 g/mol. The molecular formula is C27H30N6O3. The molecule has 0 bridgehead atoms. The Morgan fingerprint density at radius 1 is 1.11 bits per heavy atom. The first kappa shape index (κ1) is 23.7. The molecule has 1 aliphatic rings. The number of amides is 1. The van der Waals surface area contributed by atoms with Gasteiger partial charge in [0.1, 0.15) is 5.75 Å². The topological polar surface area (TPSA) is 98.3 Å². The number of piperidine rings is 1.